The third kappa shape index (κ3) is 2.85. The van der Waals surface area contributed by atoms with E-state index in [1.165, 1.54) is 18.6 Å². The van der Waals surface area contributed by atoms with Crippen LogP contribution in [0.3, 0.4) is 0 Å². The summed E-state index contributed by atoms with van der Waals surface area (Å²) in [6, 6.07) is 2.96. The largest absolute Gasteiger partial charge is 0.462 e. The van der Waals surface area contributed by atoms with Gasteiger partial charge >= 0.3 is 5.97 Å². The van der Waals surface area contributed by atoms with E-state index in [2.05, 4.69) is 0 Å². The van der Waals surface area contributed by atoms with Gasteiger partial charge in [0.05, 0.1) is 27.9 Å². The maximum absolute atomic E-state index is 11.7. The zero-order valence-corrected chi connectivity index (χ0v) is 10.7. The Hall–Kier alpha value is -0.930. The maximum Gasteiger partial charge on any atom is 0.338 e. The lowest BCUT2D eigenvalue weighted by molar-refractivity contribution is 0.0371. The summed E-state index contributed by atoms with van der Waals surface area (Å²) in [7, 11) is 0. The van der Waals surface area contributed by atoms with Crippen molar-refractivity contribution in [3.63, 3.8) is 0 Å². The molecule has 0 unspecified atom stereocenters. The number of hydrogen-bond donors (Lipinski definition) is 1. The molecule has 1 aliphatic rings. The zero-order valence-electron chi connectivity index (χ0n) is 9.21. The molecule has 3 nitrogen and oxygen atoms in total. The second kappa shape index (κ2) is 5.15. The van der Waals surface area contributed by atoms with Crippen molar-refractivity contribution in [3.8, 4) is 0 Å². The van der Waals surface area contributed by atoms with Crippen LogP contribution in [0.25, 0.3) is 0 Å². The number of nitrogens with two attached hydrogens (primary N) is 1. The third-order valence-electron chi connectivity index (χ3n) is 2.97. The predicted molar refractivity (Wildman–Crippen MR) is 68.5 cm³/mol. The highest BCUT2D eigenvalue weighted by Crippen LogP contribution is 2.30. The molecule has 1 aromatic rings. The number of anilines is 1. The Kier molecular flexibility index (Phi) is 3.79. The summed E-state index contributed by atoms with van der Waals surface area (Å²) < 4.78 is 5.19. The van der Waals surface area contributed by atoms with Gasteiger partial charge in [-0.15, -0.1) is 0 Å². The number of benzene rings is 1. The molecule has 1 fully saturated rings. The Balaban J connectivity index is 2.02. The molecule has 0 radical (unpaired) electrons. The van der Waals surface area contributed by atoms with E-state index in [1.807, 2.05) is 0 Å². The lowest BCUT2D eigenvalue weighted by Crippen LogP contribution is -2.20. The van der Waals surface area contributed by atoms with Crippen molar-refractivity contribution in [2.24, 2.45) is 5.92 Å². The number of halogens is 2. The molecule has 0 bridgehead atoms. The fraction of sp³-hybridized carbons (Fsp3) is 0.417. The highest BCUT2D eigenvalue weighted by Gasteiger charge is 2.20. The number of esters is 1. The van der Waals surface area contributed by atoms with Gasteiger partial charge in [-0.1, -0.05) is 29.6 Å². The normalized spacial score (nSPS) is 15.4. The molecule has 0 aliphatic heterocycles. The van der Waals surface area contributed by atoms with Gasteiger partial charge in [-0.05, 0) is 30.9 Å². The average Bonchev–Trinajstić information content (AvgIpc) is 2.22. The van der Waals surface area contributed by atoms with Crippen LogP contribution in [-0.4, -0.2) is 12.6 Å². The molecule has 0 aromatic heterocycles. The lowest BCUT2D eigenvalue weighted by atomic mass is 9.86. The predicted octanol–water partition coefficient (Wildman–Crippen LogP) is 3.53. The smallest absolute Gasteiger partial charge is 0.338 e. The minimum Gasteiger partial charge on any atom is -0.462 e. The summed E-state index contributed by atoms with van der Waals surface area (Å²) in [5.41, 5.74) is 6.26. The Labute approximate surface area is 110 Å². The number of rotatable bonds is 3. The van der Waals surface area contributed by atoms with Crippen LogP contribution >= 0.6 is 23.2 Å². The van der Waals surface area contributed by atoms with Crippen molar-refractivity contribution in [2.75, 3.05) is 12.3 Å². The van der Waals surface area contributed by atoms with Crippen molar-refractivity contribution in [1.29, 1.82) is 0 Å². The number of carbonyl (C=O) groups is 1. The van der Waals surface area contributed by atoms with E-state index in [4.69, 9.17) is 33.7 Å². The number of hydrogen-bond acceptors (Lipinski definition) is 3. The molecule has 0 spiro atoms. The van der Waals surface area contributed by atoms with E-state index >= 15 is 0 Å². The summed E-state index contributed by atoms with van der Waals surface area (Å²) in [6.07, 6.45) is 3.50. The lowest BCUT2D eigenvalue weighted by Gasteiger charge is -2.24. The monoisotopic (exact) mass is 273 g/mol. The van der Waals surface area contributed by atoms with Gasteiger partial charge in [-0.25, -0.2) is 4.79 Å². The molecule has 0 heterocycles. The van der Waals surface area contributed by atoms with Crippen LogP contribution in [-0.2, 0) is 4.74 Å². The van der Waals surface area contributed by atoms with E-state index in [0.717, 1.165) is 12.8 Å². The Morgan fingerprint density at radius 1 is 1.41 bits per heavy atom. The first-order chi connectivity index (χ1) is 8.08. The van der Waals surface area contributed by atoms with Crippen LogP contribution in [0.15, 0.2) is 12.1 Å². The van der Waals surface area contributed by atoms with E-state index < -0.39 is 5.97 Å². The molecular formula is C12H13Cl2NO2. The Morgan fingerprint density at radius 2 is 2.12 bits per heavy atom. The standard InChI is InChI=1S/C12H13Cl2NO2/c13-9-4-8(5-10(15)11(9)14)12(16)17-6-7-2-1-3-7/h4-5,7H,1-3,6,15H2. The summed E-state index contributed by atoms with van der Waals surface area (Å²) in [5, 5.41) is 0.532. The summed E-state index contributed by atoms with van der Waals surface area (Å²) in [4.78, 5) is 11.7. The fourth-order valence-electron chi connectivity index (χ4n) is 1.66. The van der Waals surface area contributed by atoms with Gasteiger partial charge in [-0.2, -0.15) is 0 Å². The molecular weight excluding hydrogens is 261 g/mol. The first-order valence-corrected chi connectivity index (χ1v) is 6.25. The van der Waals surface area contributed by atoms with Gasteiger partial charge in [0.25, 0.3) is 0 Å². The molecule has 2 N–H and O–H groups in total. The topological polar surface area (TPSA) is 52.3 Å². The van der Waals surface area contributed by atoms with E-state index in [-0.39, 0.29) is 15.7 Å². The maximum atomic E-state index is 11.7. The SMILES string of the molecule is Nc1cc(C(=O)OCC2CCC2)cc(Cl)c1Cl. The summed E-state index contributed by atoms with van der Waals surface area (Å²) in [5.74, 6) is 0.112. The molecule has 92 valence electrons. The van der Waals surface area contributed by atoms with Crippen molar-refractivity contribution < 1.29 is 9.53 Å². The second-order valence-electron chi connectivity index (χ2n) is 4.26. The molecule has 0 atom stereocenters. The van der Waals surface area contributed by atoms with Crippen molar-refractivity contribution in [1.82, 2.24) is 0 Å². The fourth-order valence-corrected chi connectivity index (χ4v) is 2.00. The zero-order chi connectivity index (χ0) is 12.4. The van der Waals surface area contributed by atoms with Crippen LogP contribution in [0.1, 0.15) is 29.6 Å². The molecule has 1 aliphatic carbocycles. The molecule has 2 rings (SSSR count). The average molecular weight is 274 g/mol. The first-order valence-electron chi connectivity index (χ1n) is 5.49. The first kappa shape index (κ1) is 12.5. The van der Waals surface area contributed by atoms with Gasteiger partial charge < -0.3 is 10.5 Å². The van der Waals surface area contributed by atoms with Gasteiger partial charge in [0, 0.05) is 0 Å². The molecule has 17 heavy (non-hydrogen) atoms. The number of carbonyl (C=O) groups excluding carboxylic acids is 1. The number of nitrogen functional groups attached to an aromatic ring is 1. The van der Waals surface area contributed by atoms with E-state index in [0.29, 0.717) is 18.1 Å². The summed E-state index contributed by atoms with van der Waals surface area (Å²) in [6.45, 7) is 0.471. The summed E-state index contributed by atoms with van der Waals surface area (Å²) >= 11 is 11.6. The van der Waals surface area contributed by atoms with Crippen LogP contribution in [0.2, 0.25) is 10.0 Å². The van der Waals surface area contributed by atoms with Crippen LogP contribution in [0.5, 0.6) is 0 Å². The highest BCUT2D eigenvalue weighted by atomic mass is 35.5. The van der Waals surface area contributed by atoms with Gasteiger partial charge in [0.15, 0.2) is 0 Å². The van der Waals surface area contributed by atoms with Gasteiger partial charge in [-0.3, -0.25) is 0 Å². The minimum absolute atomic E-state index is 0.266. The van der Waals surface area contributed by atoms with Gasteiger partial charge in [0.2, 0.25) is 0 Å². The van der Waals surface area contributed by atoms with Crippen molar-refractivity contribution in [3.05, 3.63) is 27.7 Å². The van der Waals surface area contributed by atoms with E-state index in [1.54, 1.807) is 0 Å². The van der Waals surface area contributed by atoms with Crippen molar-refractivity contribution >= 4 is 34.9 Å². The van der Waals surface area contributed by atoms with Crippen LogP contribution < -0.4 is 5.73 Å². The molecule has 1 saturated carbocycles. The van der Waals surface area contributed by atoms with Crippen molar-refractivity contribution in [2.45, 2.75) is 19.3 Å². The number of ether oxygens (including phenoxy) is 1. The Morgan fingerprint density at radius 3 is 2.65 bits per heavy atom. The quantitative estimate of drug-likeness (QED) is 0.677. The minimum atomic E-state index is -0.401. The highest BCUT2D eigenvalue weighted by molar-refractivity contribution is 6.43. The molecule has 5 heteroatoms. The van der Waals surface area contributed by atoms with Gasteiger partial charge in [0.1, 0.15) is 0 Å². The third-order valence-corrected chi connectivity index (χ3v) is 3.78. The molecule has 0 amide bonds. The van der Waals surface area contributed by atoms with Crippen LogP contribution in [0.4, 0.5) is 5.69 Å². The van der Waals surface area contributed by atoms with Crippen LogP contribution in [0, 0.1) is 5.92 Å². The molecule has 0 saturated heterocycles. The Bertz CT molecular complexity index is 421. The second-order valence-corrected chi connectivity index (χ2v) is 5.04. The van der Waals surface area contributed by atoms with E-state index in [9.17, 15) is 4.79 Å². The molecule has 1 aromatic carbocycles.